The minimum Gasteiger partial charge on any atom is -0.365 e. The molecule has 19 heavy (non-hydrogen) atoms. The van der Waals surface area contributed by atoms with E-state index in [9.17, 15) is 0 Å². The monoisotopic (exact) mass is 260 g/mol. The highest BCUT2D eigenvalue weighted by molar-refractivity contribution is 5.51. The first-order valence-electron chi connectivity index (χ1n) is 7.47. The van der Waals surface area contributed by atoms with E-state index in [1.54, 1.807) is 0 Å². The summed E-state index contributed by atoms with van der Waals surface area (Å²) >= 11 is 0. The average Bonchev–Trinajstić information content (AvgIpc) is 2.67. The highest BCUT2D eigenvalue weighted by Crippen LogP contribution is 2.47. The third-order valence-electron chi connectivity index (χ3n) is 4.66. The van der Waals surface area contributed by atoms with E-state index in [1.165, 1.54) is 30.5 Å². The van der Waals surface area contributed by atoms with Crippen molar-refractivity contribution < 1.29 is 0 Å². The highest BCUT2D eigenvalue weighted by Gasteiger charge is 2.45. The molecule has 1 atom stereocenters. The fourth-order valence-electron chi connectivity index (χ4n) is 3.74. The van der Waals surface area contributed by atoms with Gasteiger partial charge in [-0.05, 0) is 56.2 Å². The Labute approximate surface area is 118 Å². The van der Waals surface area contributed by atoms with Crippen molar-refractivity contribution >= 4 is 5.69 Å². The molecule has 0 amide bonds. The fourth-order valence-corrected chi connectivity index (χ4v) is 3.74. The Balaban J connectivity index is 2.35. The van der Waals surface area contributed by atoms with Gasteiger partial charge in [-0.1, -0.05) is 26.0 Å². The second kappa shape index (κ2) is 5.16. The molecule has 1 saturated carbocycles. The Kier molecular flexibility index (Phi) is 3.91. The topological polar surface area (TPSA) is 29.3 Å². The van der Waals surface area contributed by atoms with E-state index < -0.39 is 0 Å². The van der Waals surface area contributed by atoms with Crippen molar-refractivity contribution in [3.05, 3.63) is 29.8 Å². The van der Waals surface area contributed by atoms with Gasteiger partial charge in [-0.3, -0.25) is 0 Å². The molecular weight excluding hydrogens is 232 g/mol. The SMILES string of the molecule is CCN(c1cccc(C)c1)C1(CN)CCC(C)(C)C1. The summed E-state index contributed by atoms with van der Waals surface area (Å²) in [5.74, 6) is 0. The highest BCUT2D eigenvalue weighted by atomic mass is 15.2. The third-order valence-corrected chi connectivity index (χ3v) is 4.66. The van der Waals surface area contributed by atoms with Crippen LogP contribution in [0, 0.1) is 12.3 Å². The number of nitrogens with zero attached hydrogens (tertiary/aromatic N) is 1. The van der Waals surface area contributed by atoms with Crippen LogP contribution in [0.1, 0.15) is 45.6 Å². The van der Waals surface area contributed by atoms with Crippen LogP contribution < -0.4 is 10.6 Å². The van der Waals surface area contributed by atoms with E-state index in [-0.39, 0.29) is 5.54 Å². The molecule has 1 aromatic rings. The van der Waals surface area contributed by atoms with Crippen molar-refractivity contribution in [1.29, 1.82) is 0 Å². The van der Waals surface area contributed by atoms with Gasteiger partial charge in [-0.25, -0.2) is 0 Å². The van der Waals surface area contributed by atoms with Gasteiger partial charge in [-0.2, -0.15) is 0 Å². The molecule has 0 heterocycles. The van der Waals surface area contributed by atoms with Crippen LogP contribution in [0.2, 0.25) is 0 Å². The second-order valence-electron chi connectivity index (χ2n) is 6.85. The molecule has 1 fully saturated rings. The van der Waals surface area contributed by atoms with E-state index in [4.69, 9.17) is 5.73 Å². The van der Waals surface area contributed by atoms with Crippen molar-refractivity contribution in [2.75, 3.05) is 18.0 Å². The van der Waals surface area contributed by atoms with Gasteiger partial charge >= 0.3 is 0 Å². The first-order valence-corrected chi connectivity index (χ1v) is 7.47. The maximum Gasteiger partial charge on any atom is 0.0529 e. The molecule has 0 aliphatic heterocycles. The van der Waals surface area contributed by atoms with Crippen molar-refractivity contribution in [2.45, 2.75) is 52.5 Å². The average molecular weight is 260 g/mol. The lowest BCUT2D eigenvalue weighted by atomic mass is 9.86. The van der Waals surface area contributed by atoms with Crippen LogP contribution in [0.25, 0.3) is 0 Å². The van der Waals surface area contributed by atoms with Gasteiger partial charge in [0.1, 0.15) is 0 Å². The molecule has 0 spiro atoms. The lowest BCUT2D eigenvalue weighted by Crippen LogP contribution is -2.53. The Morgan fingerprint density at radius 2 is 2.00 bits per heavy atom. The summed E-state index contributed by atoms with van der Waals surface area (Å²) < 4.78 is 0. The van der Waals surface area contributed by atoms with E-state index >= 15 is 0 Å². The molecule has 1 aromatic carbocycles. The number of anilines is 1. The molecule has 0 radical (unpaired) electrons. The lowest BCUT2D eigenvalue weighted by molar-refractivity contribution is 0.326. The van der Waals surface area contributed by atoms with Gasteiger partial charge < -0.3 is 10.6 Å². The summed E-state index contributed by atoms with van der Waals surface area (Å²) in [6.45, 7) is 10.9. The van der Waals surface area contributed by atoms with Gasteiger partial charge in [0.2, 0.25) is 0 Å². The molecule has 1 unspecified atom stereocenters. The van der Waals surface area contributed by atoms with Crippen molar-refractivity contribution in [3.8, 4) is 0 Å². The number of hydrogen-bond acceptors (Lipinski definition) is 2. The summed E-state index contributed by atoms with van der Waals surface area (Å²) in [6, 6.07) is 8.81. The molecule has 0 saturated heterocycles. The Morgan fingerprint density at radius 3 is 2.47 bits per heavy atom. The van der Waals surface area contributed by atoms with E-state index in [1.807, 2.05) is 0 Å². The van der Waals surface area contributed by atoms with Crippen LogP contribution in [-0.4, -0.2) is 18.6 Å². The van der Waals surface area contributed by atoms with Gasteiger partial charge in [0, 0.05) is 18.8 Å². The van der Waals surface area contributed by atoms with Crippen LogP contribution in [0.15, 0.2) is 24.3 Å². The van der Waals surface area contributed by atoms with Gasteiger partial charge in [0.25, 0.3) is 0 Å². The first-order chi connectivity index (χ1) is 8.92. The largest absolute Gasteiger partial charge is 0.365 e. The zero-order valence-corrected chi connectivity index (χ0v) is 12.9. The first kappa shape index (κ1) is 14.4. The van der Waals surface area contributed by atoms with Gasteiger partial charge in [0.05, 0.1) is 5.54 Å². The number of hydrogen-bond donors (Lipinski definition) is 1. The summed E-state index contributed by atoms with van der Waals surface area (Å²) in [5, 5.41) is 0. The van der Waals surface area contributed by atoms with Crippen molar-refractivity contribution in [2.24, 2.45) is 11.1 Å². The molecule has 2 N–H and O–H groups in total. The summed E-state index contributed by atoms with van der Waals surface area (Å²) in [6.07, 6.45) is 3.67. The molecule has 106 valence electrons. The zero-order chi connectivity index (χ0) is 14.1. The summed E-state index contributed by atoms with van der Waals surface area (Å²) in [7, 11) is 0. The van der Waals surface area contributed by atoms with Crippen LogP contribution in [0.4, 0.5) is 5.69 Å². The minimum absolute atomic E-state index is 0.145. The van der Waals surface area contributed by atoms with E-state index in [2.05, 4.69) is 56.9 Å². The van der Waals surface area contributed by atoms with Crippen LogP contribution >= 0.6 is 0 Å². The molecule has 2 heteroatoms. The second-order valence-corrected chi connectivity index (χ2v) is 6.85. The van der Waals surface area contributed by atoms with Crippen LogP contribution in [-0.2, 0) is 0 Å². The molecule has 2 nitrogen and oxygen atoms in total. The molecule has 2 rings (SSSR count). The van der Waals surface area contributed by atoms with Crippen molar-refractivity contribution in [3.63, 3.8) is 0 Å². The van der Waals surface area contributed by atoms with Gasteiger partial charge in [0.15, 0.2) is 0 Å². The Morgan fingerprint density at radius 1 is 1.26 bits per heavy atom. The fraction of sp³-hybridized carbons (Fsp3) is 0.647. The molecule has 0 aromatic heterocycles. The number of rotatable bonds is 4. The zero-order valence-electron chi connectivity index (χ0n) is 12.9. The Hall–Kier alpha value is -1.02. The normalized spacial score (nSPS) is 25.5. The molecule has 1 aliphatic rings. The lowest BCUT2D eigenvalue weighted by Gasteiger charge is -2.43. The number of aryl methyl sites for hydroxylation is 1. The number of likely N-dealkylation sites (N-methyl/N-ethyl adjacent to an activating group) is 1. The minimum atomic E-state index is 0.145. The predicted octanol–water partition coefficient (Wildman–Crippen LogP) is 3.73. The summed E-state index contributed by atoms with van der Waals surface area (Å²) in [5.41, 5.74) is 9.40. The predicted molar refractivity (Wildman–Crippen MR) is 83.6 cm³/mol. The summed E-state index contributed by atoms with van der Waals surface area (Å²) in [4.78, 5) is 2.54. The maximum atomic E-state index is 6.20. The Bertz CT molecular complexity index is 439. The standard InChI is InChI=1S/C17H28N2/c1-5-19(15-8-6-7-14(2)11-15)17(13-18)10-9-16(3,4)12-17/h6-8,11H,5,9-10,12-13,18H2,1-4H3. The molecular formula is C17H28N2. The molecule has 0 bridgehead atoms. The van der Waals surface area contributed by atoms with E-state index in [0.29, 0.717) is 5.41 Å². The smallest absolute Gasteiger partial charge is 0.0529 e. The van der Waals surface area contributed by atoms with Crippen LogP contribution in [0.5, 0.6) is 0 Å². The van der Waals surface area contributed by atoms with E-state index in [0.717, 1.165) is 13.1 Å². The van der Waals surface area contributed by atoms with Crippen LogP contribution in [0.3, 0.4) is 0 Å². The number of nitrogens with two attached hydrogens (primary N) is 1. The third kappa shape index (κ3) is 2.79. The molecule has 1 aliphatic carbocycles. The quantitative estimate of drug-likeness (QED) is 0.894. The number of benzene rings is 1. The van der Waals surface area contributed by atoms with Crippen molar-refractivity contribution in [1.82, 2.24) is 0 Å². The van der Waals surface area contributed by atoms with Gasteiger partial charge in [-0.15, -0.1) is 0 Å². The maximum absolute atomic E-state index is 6.20.